The van der Waals surface area contributed by atoms with Crippen LogP contribution in [0.3, 0.4) is 0 Å². The Hall–Kier alpha value is -1.52. The number of ether oxygens (including phenoxy) is 1. The minimum Gasteiger partial charge on any atom is -0.459 e. The Morgan fingerprint density at radius 1 is 1.04 bits per heavy atom. The summed E-state index contributed by atoms with van der Waals surface area (Å²) in [6.45, 7) is 2.21. The van der Waals surface area contributed by atoms with Crippen molar-refractivity contribution in [2.45, 2.75) is 64.7 Å². The molecule has 1 aliphatic carbocycles. The van der Waals surface area contributed by atoms with Gasteiger partial charge in [-0.25, -0.2) is 17.6 Å². The number of aryl methyl sites for hydroxylation is 1. The van der Waals surface area contributed by atoms with Gasteiger partial charge in [-0.2, -0.15) is 0 Å². The van der Waals surface area contributed by atoms with E-state index >= 15 is 0 Å². The van der Waals surface area contributed by atoms with Crippen LogP contribution in [0.2, 0.25) is 0 Å². The summed E-state index contributed by atoms with van der Waals surface area (Å²) in [7, 11) is 0. The zero-order chi connectivity index (χ0) is 18.2. The van der Waals surface area contributed by atoms with E-state index in [1.165, 1.54) is 50.7 Å². The molecule has 2 rings (SSSR count). The van der Waals surface area contributed by atoms with Gasteiger partial charge < -0.3 is 4.74 Å². The van der Waals surface area contributed by atoms with Crippen molar-refractivity contribution in [2.75, 3.05) is 0 Å². The average Bonchev–Trinajstić information content (AvgIpc) is 2.57. The molecule has 25 heavy (non-hydrogen) atoms. The SMILES string of the molecule is CCCC1CCC(CCc2cc(F)c(O/C=C/C(F)F)c(F)c2)CC1. The molecule has 1 nitrogen and oxygen atoms in total. The molecule has 140 valence electrons. The molecule has 0 aliphatic heterocycles. The molecule has 5 heteroatoms. The molecule has 1 aromatic carbocycles. The molecule has 1 fully saturated rings. The topological polar surface area (TPSA) is 9.23 Å². The third-order valence-electron chi connectivity index (χ3n) is 4.97. The number of rotatable bonds is 8. The number of benzene rings is 1. The van der Waals surface area contributed by atoms with E-state index in [9.17, 15) is 17.6 Å². The number of alkyl halides is 2. The highest BCUT2D eigenvalue weighted by Gasteiger charge is 2.21. The van der Waals surface area contributed by atoms with Crippen LogP contribution in [0.15, 0.2) is 24.5 Å². The highest BCUT2D eigenvalue weighted by Crippen LogP contribution is 2.34. The van der Waals surface area contributed by atoms with Crippen molar-refractivity contribution in [1.82, 2.24) is 0 Å². The van der Waals surface area contributed by atoms with Crippen molar-refractivity contribution >= 4 is 0 Å². The van der Waals surface area contributed by atoms with Crippen molar-refractivity contribution in [1.29, 1.82) is 0 Å². The monoisotopic (exact) mass is 358 g/mol. The van der Waals surface area contributed by atoms with Gasteiger partial charge in [-0.05, 0) is 42.4 Å². The van der Waals surface area contributed by atoms with E-state index < -0.39 is 23.8 Å². The molecule has 0 amide bonds. The van der Waals surface area contributed by atoms with E-state index in [1.54, 1.807) is 0 Å². The molecule has 0 radical (unpaired) electrons. The number of hydrogen-bond acceptors (Lipinski definition) is 1. The summed E-state index contributed by atoms with van der Waals surface area (Å²) in [5, 5.41) is 0. The van der Waals surface area contributed by atoms with Gasteiger partial charge >= 0.3 is 0 Å². The molecule has 0 aromatic heterocycles. The Morgan fingerprint density at radius 2 is 1.60 bits per heavy atom. The number of hydrogen-bond donors (Lipinski definition) is 0. The van der Waals surface area contributed by atoms with E-state index in [2.05, 4.69) is 11.7 Å². The van der Waals surface area contributed by atoms with Gasteiger partial charge in [-0.15, -0.1) is 0 Å². The standard InChI is InChI=1S/C20H26F4O/c1-2-3-14-4-6-15(7-5-14)8-9-16-12-17(21)20(18(22)13-16)25-11-10-19(23)24/h10-15,19H,2-9H2,1H3/b11-10+. The van der Waals surface area contributed by atoms with Crippen LogP contribution in [-0.2, 0) is 6.42 Å². The Balaban J connectivity index is 1.87. The lowest BCUT2D eigenvalue weighted by Gasteiger charge is -2.28. The second kappa shape index (κ2) is 9.83. The maximum Gasteiger partial charge on any atom is 0.260 e. The first-order valence-electron chi connectivity index (χ1n) is 9.09. The van der Waals surface area contributed by atoms with Gasteiger partial charge in [0.25, 0.3) is 6.43 Å². The Kier molecular flexibility index (Phi) is 7.79. The van der Waals surface area contributed by atoms with Gasteiger partial charge in [-0.3, -0.25) is 0 Å². The van der Waals surface area contributed by atoms with Crippen molar-refractivity contribution in [3.8, 4) is 5.75 Å². The summed E-state index contributed by atoms with van der Waals surface area (Å²) < 4.78 is 56.5. The Labute approximate surface area is 147 Å². The fraction of sp³-hybridized carbons (Fsp3) is 0.600. The average molecular weight is 358 g/mol. The fourth-order valence-corrected chi connectivity index (χ4v) is 3.62. The predicted octanol–water partition coefficient (Wildman–Crippen LogP) is 6.66. The highest BCUT2D eigenvalue weighted by molar-refractivity contribution is 5.32. The third kappa shape index (κ3) is 6.37. The second-order valence-electron chi connectivity index (χ2n) is 6.88. The van der Waals surface area contributed by atoms with E-state index in [4.69, 9.17) is 0 Å². The highest BCUT2D eigenvalue weighted by atomic mass is 19.3. The molecule has 1 saturated carbocycles. The summed E-state index contributed by atoms with van der Waals surface area (Å²) in [5.41, 5.74) is 0.580. The largest absolute Gasteiger partial charge is 0.459 e. The van der Waals surface area contributed by atoms with Crippen molar-refractivity contribution in [3.63, 3.8) is 0 Å². The van der Waals surface area contributed by atoms with Gasteiger partial charge in [0.1, 0.15) is 0 Å². The van der Waals surface area contributed by atoms with E-state index in [0.717, 1.165) is 12.3 Å². The number of allylic oxidation sites excluding steroid dienone is 1. The Bertz CT molecular complexity index is 540. The summed E-state index contributed by atoms with van der Waals surface area (Å²) in [5.74, 6) is -0.903. The zero-order valence-corrected chi connectivity index (χ0v) is 14.6. The molecule has 0 N–H and O–H groups in total. The van der Waals surface area contributed by atoms with Crippen molar-refractivity contribution < 1.29 is 22.3 Å². The quantitative estimate of drug-likeness (QED) is 0.373. The molecule has 0 bridgehead atoms. The first kappa shape index (κ1) is 19.8. The van der Waals surface area contributed by atoms with Gasteiger partial charge in [0.2, 0.25) is 0 Å². The van der Waals surface area contributed by atoms with Crippen LogP contribution in [0.5, 0.6) is 5.75 Å². The lowest BCUT2D eigenvalue weighted by molar-refractivity contribution is 0.200. The third-order valence-corrected chi connectivity index (χ3v) is 4.97. The van der Waals surface area contributed by atoms with Gasteiger partial charge in [-0.1, -0.05) is 45.4 Å². The van der Waals surface area contributed by atoms with Gasteiger partial charge in [0.05, 0.1) is 6.26 Å². The smallest absolute Gasteiger partial charge is 0.260 e. The van der Waals surface area contributed by atoms with Gasteiger partial charge in [0.15, 0.2) is 17.4 Å². The Morgan fingerprint density at radius 3 is 2.12 bits per heavy atom. The minimum atomic E-state index is -2.72. The summed E-state index contributed by atoms with van der Waals surface area (Å²) >= 11 is 0. The predicted molar refractivity (Wildman–Crippen MR) is 90.8 cm³/mol. The van der Waals surface area contributed by atoms with E-state index in [-0.39, 0.29) is 0 Å². The van der Waals surface area contributed by atoms with Crippen LogP contribution < -0.4 is 4.74 Å². The maximum atomic E-state index is 14.0. The molecule has 0 unspecified atom stereocenters. The van der Waals surface area contributed by atoms with Crippen LogP contribution in [0.25, 0.3) is 0 Å². The van der Waals surface area contributed by atoms with Crippen LogP contribution in [0, 0.1) is 23.5 Å². The van der Waals surface area contributed by atoms with Crippen LogP contribution in [-0.4, -0.2) is 6.43 Å². The van der Waals surface area contributed by atoms with Gasteiger partial charge in [0, 0.05) is 6.08 Å². The summed E-state index contributed by atoms with van der Waals surface area (Å²) in [6.07, 6.45) is 7.27. The fourth-order valence-electron chi connectivity index (χ4n) is 3.62. The van der Waals surface area contributed by atoms with Crippen LogP contribution in [0.1, 0.15) is 57.4 Å². The molecule has 0 atom stereocenters. The van der Waals surface area contributed by atoms with Crippen LogP contribution >= 0.6 is 0 Å². The summed E-state index contributed by atoms with van der Waals surface area (Å²) in [6, 6.07) is 2.47. The van der Waals surface area contributed by atoms with Crippen molar-refractivity contribution in [3.05, 3.63) is 41.7 Å². The molecular weight excluding hydrogens is 332 g/mol. The molecule has 1 aliphatic rings. The first-order chi connectivity index (χ1) is 12.0. The molecule has 1 aromatic rings. The lowest BCUT2D eigenvalue weighted by Crippen LogP contribution is -2.15. The van der Waals surface area contributed by atoms with E-state index in [0.29, 0.717) is 30.2 Å². The lowest BCUT2D eigenvalue weighted by atomic mass is 9.78. The number of halogens is 4. The molecular formula is C20H26F4O. The molecule has 0 saturated heterocycles. The maximum absolute atomic E-state index is 14.0. The molecule has 0 heterocycles. The summed E-state index contributed by atoms with van der Waals surface area (Å²) in [4.78, 5) is 0. The molecule has 0 spiro atoms. The first-order valence-corrected chi connectivity index (χ1v) is 9.09. The van der Waals surface area contributed by atoms with Crippen LogP contribution in [0.4, 0.5) is 17.6 Å². The second-order valence-corrected chi connectivity index (χ2v) is 6.88. The van der Waals surface area contributed by atoms with Crippen molar-refractivity contribution in [2.24, 2.45) is 11.8 Å². The van der Waals surface area contributed by atoms with E-state index in [1.807, 2.05) is 0 Å². The normalized spacial score (nSPS) is 21.2. The zero-order valence-electron chi connectivity index (χ0n) is 14.6. The minimum absolute atomic E-state index is 0.432.